The van der Waals surface area contributed by atoms with Gasteiger partial charge in [-0.05, 0) is 63.7 Å². The fraction of sp³-hybridized carbons (Fsp3) is 0.0196. The molecule has 0 saturated heterocycles. The van der Waals surface area contributed by atoms with Crippen molar-refractivity contribution in [2.75, 3.05) is 0 Å². The maximum atomic E-state index is 11.2. The van der Waals surface area contributed by atoms with Crippen LogP contribution in [0.5, 0.6) is 0 Å². The molecule has 0 radical (unpaired) electrons. The molecule has 11 rings (SSSR count). The lowest BCUT2D eigenvalue weighted by molar-refractivity contribution is 1.02. The van der Waals surface area contributed by atoms with Crippen LogP contribution in [0.25, 0.3) is 82.1 Å². The topological polar surface area (TPSA) is 38.0 Å². The lowest BCUT2D eigenvalue weighted by Gasteiger charge is -2.19. The number of hydrogen-bond acceptors (Lipinski definition) is 1. The monoisotopic (exact) mass is 698 g/mol. The summed E-state index contributed by atoms with van der Waals surface area (Å²) in [4.78, 5) is 4.06. The van der Waals surface area contributed by atoms with Crippen LogP contribution < -0.4 is 0 Å². The summed E-state index contributed by atoms with van der Waals surface area (Å²) in [6.45, 7) is 8.32. The van der Waals surface area contributed by atoms with Crippen LogP contribution in [0.3, 0.4) is 0 Å². The van der Waals surface area contributed by atoms with Crippen molar-refractivity contribution < 1.29 is 0 Å². The second-order valence-corrected chi connectivity index (χ2v) is 14.2. The van der Waals surface area contributed by atoms with Crippen molar-refractivity contribution in [1.82, 2.24) is 9.13 Å². The normalized spacial score (nSPS) is 13.2. The Hall–Kier alpha value is -7.66. The summed E-state index contributed by atoms with van der Waals surface area (Å²) in [6, 6.07) is 64.0. The summed E-state index contributed by atoms with van der Waals surface area (Å²) >= 11 is 0. The standard InChI is InChI=1S/C51H30N4/c1-53-42-24-13-23-38(51(42)55-43-25-10-7-17-34(43)35-18-8-11-26-44(35)55)33-22-14-28-46(41(33)31-52)54-45-27-12-9-21-39(45)50-47(54)30-29-40-48(32-15-3-2-4-16-32)36-19-5-6-20-37(36)49(40)50/h2-30,48H. The van der Waals surface area contributed by atoms with E-state index < -0.39 is 0 Å². The molecule has 55 heavy (non-hydrogen) atoms. The maximum Gasteiger partial charge on any atom is 0.211 e. The molecule has 1 aliphatic carbocycles. The number of nitriles is 1. The van der Waals surface area contributed by atoms with Crippen LogP contribution in [0.2, 0.25) is 0 Å². The molecule has 0 amide bonds. The molecule has 8 aromatic carbocycles. The fourth-order valence-electron chi connectivity index (χ4n) is 9.32. The summed E-state index contributed by atoms with van der Waals surface area (Å²) in [7, 11) is 0. The molecular formula is C51H30N4. The zero-order valence-corrected chi connectivity index (χ0v) is 29.6. The number of hydrogen-bond donors (Lipinski definition) is 0. The smallest absolute Gasteiger partial charge is 0.211 e. The summed E-state index contributed by atoms with van der Waals surface area (Å²) in [5.41, 5.74) is 14.8. The van der Waals surface area contributed by atoms with Gasteiger partial charge in [0.1, 0.15) is 6.07 Å². The van der Waals surface area contributed by atoms with Crippen molar-refractivity contribution >= 4 is 49.3 Å². The minimum Gasteiger partial charge on any atom is -0.318 e. The summed E-state index contributed by atoms with van der Waals surface area (Å²) in [5.74, 6) is 0.130. The van der Waals surface area contributed by atoms with Gasteiger partial charge in [-0.15, -0.1) is 0 Å². The van der Waals surface area contributed by atoms with Crippen LogP contribution in [0, 0.1) is 17.9 Å². The number of fused-ring (bicyclic) bond motifs is 10. The third-order valence-electron chi connectivity index (χ3n) is 11.5. The van der Waals surface area contributed by atoms with Gasteiger partial charge in [-0.1, -0.05) is 146 Å². The zero-order valence-electron chi connectivity index (χ0n) is 29.6. The van der Waals surface area contributed by atoms with Crippen LogP contribution in [0.15, 0.2) is 176 Å². The average molecular weight is 699 g/mol. The molecule has 2 heterocycles. The van der Waals surface area contributed by atoms with Gasteiger partial charge in [0, 0.05) is 33.0 Å². The maximum absolute atomic E-state index is 11.2. The van der Waals surface area contributed by atoms with Gasteiger partial charge >= 0.3 is 0 Å². The number of rotatable bonds is 4. The van der Waals surface area contributed by atoms with Gasteiger partial charge in [-0.2, -0.15) is 5.26 Å². The Kier molecular flexibility index (Phi) is 6.71. The van der Waals surface area contributed by atoms with Crippen LogP contribution in [0.1, 0.15) is 28.2 Å². The number of aromatic nitrogens is 2. The van der Waals surface area contributed by atoms with Crippen molar-refractivity contribution in [2.24, 2.45) is 0 Å². The van der Waals surface area contributed by atoms with Crippen LogP contribution in [-0.4, -0.2) is 9.13 Å². The van der Waals surface area contributed by atoms with Crippen LogP contribution in [0.4, 0.5) is 5.69 Å². The minimum absolute atomic E-state index is 0.130. The molecule has 0 saturated carbocycles. The van der Waals surface area contributed by atoms with E-state index in [1.165, 1.54) is 33.2 Å². The van der Waals surface area contributed by atoms with Gasteiger partial charge in [0.2, 0.25) is 5.69 Å². The van der Waals surface area contributed by atoms with Gasteiger partial charge in [0.05, 0.1) is 45.6 Å². The fourth-order valence-corrected chi connectivity index (χ4v) is 9.32. The Morgan fingerprint density at radius 3 is 1.82 bits per heavy atom. The van der Waals surface area contributed by atoms with E-state index in [4.69, 9.17) is 6.57 Å². The Balaban J connectivity index is 1.20. The molecule has 4 heteroatoms. The molecule has 0 N–H and O–H groups in total. The second kappa shape index (κ2) is 11.9. The average Bonchev–Trinajstić information content (AvgIpc) is 3.89. The first kappa shape index (κ1) is 30.9. The van der Waals surface area contributed by atoms with Crippen LogP contribution >= 0.6 is 0 Å². The molecular weight excluding hydrogens is 669 g/mol. The Labute approximate surface area is 317 Å². The molecule has 1 unspecified atom stereocenters. The quantitative estimate of drug-likeness (QED) is 0.169. The molecule has 0 fully saturated rings. The lowest BCUT2D eigenvalue weighted by atomic mass is 9.89. The van der Waals surface area contributed by atoms with Crippen molar-refractivity contribution in [3.8, 4) is 39.7 Å². The zero-order chi connectivity index (χ0) is 36.6. The van der Waals surface area contributed by atoms with E-state index in [0.29, 0.717) is 11.3 Å². The Bertz CT molecular complexity index is 3240. The van der Waals surface area contributed by atoms with Crippen molar-refractivity contribution in [1.29, 1.82) is 5.26 Å². The Morgan fingerprint density at radius 2 is 1.09 bits per heavy atom. The highest BCUT2D eigenvalue weighted by Crippen LogP contribution is 2.53. The summed E-state index contributed by atoms with van der Waals surface area (Å²) in [5, 5.41) is 15.8. The van der Waals surface area contributed by atoms with Gasteiger partial charge < -0.3 is 9.13 Å². The van der Waals surface area contributed by atoms with Crippen molar-refractivity contribution in [3.05, 3.63) is 210 Å². The molecule has 254 valence electrons. The summed E-state index contributed by atoms with van der Waals surface area (Å²) in [6.07, 6.45) is 0. The first-order valence-corrected chi connectivity index (χ1v) is 18.5. The largest absolute Gasteiger partial charge is 0.318 e. The van der Waals surface area contributed by atoms with Crippen molar-refractivity contribution in [3.63, 3.8) is 0 Å². The molecule has 1 aliphatic rings. The SMILES string of the molecule is [C-]#[N+]c1cccc(-c2cccc(-n3c4ccccc4c4c5c(ccc43)C(c3ccccc3)c3ccccc3-5)c2C#N)c1-n1c2ccccc2c2ccccc21. The predicted octanol–water partition coefficient (Wildman–Crippen LogP) is 13.1. The minimum atomic E-state index is 0.130. The van der Waals surface area contributed by atoms with E-state index in [-0.39, 0.29) is 5.92 Å². The molecule has 1 atom stereocenters. The molecule has 0 aliphatic heterocycles. The van der Waals surface area contributed by atoms with E-state index >= 15 is 0 Å². The van der Waals surface area contributed by atoms with E-state index in [0.717, 1.165) is 60.7 Å². The number of para-hydroxylation sites is 4. The highest BCUT2D eigenvalue weighted by atomic mass is 15.0. The number of nitrogens with zero attached hydrogens (tertiary/aromatic N) is 4. The van der Waals surface area contributed by atoms with Gasteiger partial charge in [0.15, 0.2) is 0 Å². The van der Waals surface area contributed by atoms with E-state index in [2.05, 4.69) is 154 Å². The number of benzene rings is 8. The molecule has 0 bridgehead atoms. The van der Waals surface area contributed by atoms with Gasteiger partial charge in [0.25, 0.3) is 0 Å². The van der Waals surface area contributed by atoms with Crippen LogP contribution in [-0.2, 0) is 0 Å². The van der Waals surface area contributed by atoms with E-state index in [1.54, 1.807) is 0 Å². The first-order chi connectivity index (χ1) is 27.3. The van der Waals surface area contributed by atoms with Crippen molar-refractivity contribution in [2.45, 2.75) is 5.92 Å². The summed E-state index contributed by atoms with van der Waals surface area (Å²) < 4.78 is 4.47. The second-order valence-electron chi connectivity index (χ2n) is 14.2. The van der Waals surface area contributed by atoms with Gasteiger partial charge in [-0.25, -0.2) is 4.85 Å². The van der Waals surface area contributed by atoms with E-state index in [9.17, 15) is 5.26 Å². The third-order valence-corrected chi connectivity index (χ3v) is 11.5. The van der Waals surface area contributed by atoms with E-state index in [1.807, 2.05) is 42.5 Å². The Morgan fingerprint density at radius 1 is 0.491 bits per heavy atom. The molecule has 4 nitrogen and oxygen atoms in total. The van der Waals surface area contributed by atoms with Gasteiger partial charge in [-0.3, -0.25) is 0 Å². The molecule has 2 aromatic heterocycles. The molecule has 10 aromatic rings. The highest BCUT2D eigenvalue weighted by molar-refractivity contribution is 6.18. The molecule has 0 spiro atoms. The lowest BCUT2D eigenvalue weighted by Crippen LogP contribution is -2.02. The predicted molar refractivity (Wildman–Crippen MR) is 224 cm³/mol. The first-order valence-electron chi connectivity index (χ1n) is 18.5. The third kappa shape index (κ3) is 4.31. The highest BCUT2D eigenvalue weighted by Gasteiger charge is 2.33.